The molecule has 0 N–H and O–H groups in total. The number of hydrogen-bond acceptors (Lipinski definition) is 7. The molecule has 166 valence electrons. The zero-order valence-electron chi connectivity index (χ0n) is 18.1. The fourth-order valence-electron chi connectivity index (χ4n) is 3.68. The predicted octanol–water partition coefficient (Wildman–Crippen LogP) is 6.11. The number of aryl methyl sites for hydroxylation is 2. The van der Waals surface area contributed by atoms with Crippen LogP contribution in [0.15, 0.2) is 69.1 Å². The van der Waals surface area contributed by atoms with Gasteiger partial charge in [-0.25, -0.2) is 9.37 Å². The van der Waals surface area contributed by atoms with E-state index in [1.165, 1.54) is 35.2 Å². The molecule has 33 heavy (non-hydrogen) atoms. The Labute approximate surface area is 197 Å². The van der Waals surface area contributed by atoms with Crippen LogP contribution in [0.5, 0.6) is 0 Å². The minimum absolute atomic E-state index is 0.175. The van der Waals surface area contributed by atoms with Gasteiger partial charge >= 0.3 is 0 Å². The van der Waals surface area contributed by atoms with Crippen molar-refractivity contribution in [3.63, 3.8) is 0 Å². The van der Waals surface area contributed by atoms with Crippen molar-refractivity contribution in [2.24, 2.45) is 0 Å². The van der Waals surface area contributed by atoms with E-state index < -0.39 is 0 Å². The van der Waals surface area contributed by atoms with Crippen LogP contribution in [-0.4, -0.2) is 19.7 Å². The number of thiophene rings is 1. The molecule has 0 amide bonds. The number of rotatable bonds is 5. The lowest BCUT2D eigenvalue weighted by Gasteiger charge is -2.14. The lowest BCUT2D eigenvalue weighted by Crippen LogP contribution is -2.21. The van der Waals surface area contributed by atoms with Gasteiger partial charge in [-0.15, -0.1) is 11.3 Å². The number of hydrogen-bond donors (Lipinski definition) is 0. The molecule has 5 rings (SSSR count). The molecular weight excluding hydrogens is 459 g/mol. The molecule has 3 aromatic heterocycles. The minimum Gasteiger partial charge on any atom is -0.338 e. The average Bonchev–Trinajstić information content (AvgIpc) is 3.38. The Morgan fingerprint density at radius 2 is 1.79 bits per heavy atom. The zero-order valence-corrected chi connectivity index (χ0v) is 19.7. The summed E-state index contributed by atoms with van der Waals surface area (Å²) in [5.41, 5.74) is 2.11. The highest BCUT2D eigenvalue weighted by molar-refractivity contribution is 7.99. The highest BCUT2D eigenvalue weighted by Crippen LogP contribution is 2.39. The molecule has 0 radical (unpaired) electrons. The van der Waals surface area contributed by atoms with Gasteiger partial charge in [0.2, 0.25) is 5.89 Å². The second-order valence-electron chi connectivity index (χ2n) is 7.53. The first-order valence-corrected chi connectivity index (χ1v) is 12.0. The summed E-state index contributed by atoms with van der Waals surface area (Å²) in [6.45, 7) is 5.65. The molecule has 0 aliphatic heterocycles. The molecule has 9 heteroatoms. The largest absolute Gasteiger partial charge is 0.338 e. The molecule has 0 bridgehead atoms. The van der Waals surface area contributed by atoms with Crippen LogP contribution in [0.3, 0.4) is 0 Å². The number of thioether (sulfide) groups is 1. The quantitative estimate of drug-likeness (QED) is 0.224. The Morgan fingerprint density at radius 1 is 1.06 bits per heavy atom. The van der Waals surface area contributed by atoms with Gasteiger partial charge in [0.15, 0.2) is 11.0 Å². The smallest absolute Gasteiger partial charge is 0.268 e. The van der Waals surface area contributed by atoms with Crippen molar-refractivity contribution in [3.05, 3.63) is 87.4 Å². The predicted molar refractivity (Wildman–Crippen MR) is 129 cm³/mol. The Morgan fingerprint density at radius 3 is 2.45 bits per heavy atom. The number of aromatic nitrogens is 4. The van der Waals surface area contributed by atoms with Gasteiger partial charge in [0.05, 0.1) is 16.3 Å². The molecule has 1 unspecified atom stereocenters. The van der Waals surface area contributed by atoms with Crippen molar-refractivity contribution >= 4 is 33.3 Å². The molecule has 6 nitrogen and oxygen atoms in total. The number of nitrogens with zero attached hydrogens (tertiary/aromatic N) is 4. The Kier molecular flexibility index (Phi) is 5.59. The van der Waals surface area contributed by atoms with E-state index in [0.29, 0.717) is 32.8 Å². The molecule has 1 atom stereocenters. The fourth-order valence-corrected chi connectivity index (χ4v) is 5.72. The maximum atomic E-state index is 13.9. The minimum atomic E-state index is -0.320. The summed E-state index contributed by atoms with van der Waals surface area (Å²) in [5, 5.41) is 4.73. The van der Waals surface area contributed by atoms with Gasteiger partial charge in [-0.1, -0.05) is 47.3 Å². The summed E-state index contributed by atoms with van der Waals surface area (Å²) in [7, 11) is 0. The first-order valence-electron chi connectivity index (χ1n) is 10.3. The second kappa shape index (κ2) is 8.57. The van der Waals surface area contributed by atoms with Crippen LogP contribution in [0.4, 0.5) is 4.39 Å². The normalized spacial score (nSPS) is 12.4. The summed E-state index contributed by atoms with van der Waals surface area (Å²) in [6.07, 6.45) is 0. The van der Waals surface area contributed by atoms with E-state index in [-0.39, 0.29) is 16.6 Å². The molecule has 3 heterocycles. The molecule has 0 aliphatic carbocycles. The molecule has 5 aromatic rings. The van der Waals surface area contributed by atoms with E-state index in [9.17, 15) is 9.18 Å². The summed E-state index contributed by atoms with van der Waals surface area (Å²) >= 11 is 2.84. The third kappa shape index (κ3) is 3.98. The van der Waals surface area contributed by atoms with Crippen molar-refractivity contribution in [3.8, 4) is 16.8 Å². The molecule has 0 saturated heterocycles. The third-order valence-corrected chi connectivity index (χ3v) is 7.23. The highest BCUT2D eigenvalue weighted by atomic mass is 32.2. The van der Waals surface area contributed by atoms with Gasteiger partial charge in [-0.3, -0.25) is 9.36 Å². The molecule has 0 saturated carbocycles. The zero-order chi connectivity index (χ0) is 23.1. The summed E-state index contributed by atoms with van der Waals surface area (Å²) in [5.74, 6) is 0.708. The van der Waals surface area contributed by atoms with E-state index in [1.807, 2.05) is 44.2 Å². The van der Waals surface area contributed by atoms with Crippen molar-refractivity contribution in [1.82, 2.24) is 19.7 Å². The van der Waals surface area contributed by atoms with Crippen molar-refractivity contribution in [2.45, 2.75) is 31.2 Å². The number of fused-ring (bicyclic) bond motifs is 1. The Bertz CT molecular complexity index is 1510. The summed E-state index contributed by atoms with van der Waals surface area (Å²) in [4.78, 5) is 24.7. The molecule has 0 spiro atoms. The average molecular weight is 479 g/mol. The topological polar surface area (TPSA) is 73.8 Å². The number of para-hydroxylation sites is 1. The monoisotopic (exact) mass is 478 g/mol. The maximum Gasteiger partial charge on any atom is 0.268 e. The number of benzene rings is 2. The van der Waals surface area contributed by atoms with Crippen LogP contribution in [-0.2, 0) is 0 Å². The van der Waals surface area contributed by atoms with Crippen molar-refractivity contribution in [2.75, 3.05) is 0 Å². The van der Waals surface area contributed by atoms with E-state index in [1.54, 1.807) is 23.6 Å². The van der Waals surface area contributed by atoms with Crippen LogP contribution in [0.2, 0.25) is 0 Å². The van der Waals surface area contributed by atoms with Gasteiger partial charge in [-0.05, 0) is 50.6 Å². The van der Waals surface area contributed by atoms with Crippen LogP contribution in [0.1, 0.15) is 28.8 Å². The first kappa shape index (κ1) is 21.5. The van der Waals surface area contributed by atoms with Gasteiger partial charge in [0.25, 0.3) is 5.56 Å². The molecular formula is C24H19FN4O2S2. The summed E-state index contributed by atoms with van der Waals surface area (Å²) in [6, 6.07) is 15.6. The standard InChI is InChI=1S/C24H19FN4O2S2/c1-13-19(16-9-11-17(25)12-10-16)20-22(32-13)27-24(33-14(2)21-26-15(3)28-31-21)29(23(20)30)18-7-5-4-6-8-18/h4-12,14H,1-3H3. The van der Waals surface area contributed by atoms with Gasteiger partial charge in [0.1, 0.15) is 10.6 Å². The van der Waals surface area contributed by atoms with Gasteiger partial charge in [0, 0.05) is 10.4 Å². The molecule has 2 aromatic carbocycles. The van der Waals surface area contributed by atoms with Crippen LogP contribution in [0, 0.1) is 19.7 Å². The van der Waals surface area contributed by atoms with E-state index in [4.69, 9.17) is 9.51 Å². The Hall–Kier alpha value is -3.30. The maximum absolute atomic E-state index is 13.9. The first-order chi connectivity index (χ1) is 15.9. The lowest BCUT2D eigenvalue weighted by atomic mass is 10.0. The van der Waals surface area contributed by atoms with Gasteiger partial charge < -0.3 is 4.52 Å². The fraction of sp³-hybridized carbons (Fsp3) is 0.167. The van der Waals surface area contributed by atoms with Crippen molar-refractivity contribution < 1.29 is 8.91 Å². The summed E-state index contributed by atoms with van der Waals surface area (Å²) < 4.78 is 20.5. The van der Waals surface area contributed by atoms with Crippen LogP contribution in [0.25, 0.3) is 27.0 Å². The van der Waals surface area contributed by atoms with Gasteiger partial charge in [-0.2, -0.15) is 4.98 Å². The van der Waals surface area contributed by atoms with Crippen LogP contribution < -0.4 is 5.56 Å². The second-order valence-corrected chi connectivity index (χ2v) is 10.0. The van der Waals surface area contributed by atoms with E-state index in [0.717, 1.165) is 16.0 Å². The highest BCUT2D eigenvalue weighted by Gasteiger charge is 2.24. The van der Waals surface area contributed by atoms with E-state index in [2.05, 4.69) is 10.1 Å². The number of halogens is 1. The van der Waals surface area contributed by atoms with E-state index >= 15 is 0 Å². The lowest BCUT2D eigenvalue weighted by molar-refractivity contribution is 0.376. The Balaban J connectivity index is 1.74. The van der Waals surface area contributed by atoms with Crippen molar-refractivity contribution in [1.29, 1.82) is 0 Å². The molecule has 0 aliphatic rings. The van der Waals surface area contributed by atoms with Crippen LogP contribution >= 0.6 is 23.1 Å². The SMILES string of the molecule is Cc1noc(C(C)Sc2nc3sc(C)c(-c4ccc(F)cc4)c3c(=O)n2-c2ccccc2)n1. The molecule has 0 fully saturated rings. The third-order valence-electron chi connectivity index (χ3n) is 5.19.